The second-order valence-corrected chi connectivity index (χ2v) is 6.05. The summed E-state index contributed by atoms with van der Waals surface area (Å²) in [6.45, 7) is 1.92. The normalized spacial score (nSPS) is 10.7. The minimum Gasteiger partial charge on any atom is -0.411 e. The molecule has 2 aromatic carbocycles. The fraction of sp³-hybridized carbons (Fsp3) is 0.118. The van der Waals surface area contributed by atoms with Crippen molar-refractivity contribution in [3.05, 3.63) is 59.7 Å². The van der Waals surface area contributed by atoms with Crippen LogP contribution in [0.1, 0.15) is 5.56 Å². The van der Waals surface area contributed by atoms with E-state index in [-0.39, 0.29) is 11.0 Å². The van der Waals surface area contributed by atoms with Gasteiger partial charge < -0.3 is 9.73 Å². The first-order valence-corrected chi connectivity index (χ1v) is 8.29. The highest BCUT2D eigenvalue weighted by Gasteiger charge is 2.15. The van der Waals surface area contributed by atoms with E-state index in [2.05, 4.69) is 15.5 Å². The van der Waals surface area contributed by atoms with E-state index in [1.54, 1.807) is 0 Å². The maximum atomic E-state index is 13.5. The topological polar surface area (TPSA) is 68.0 Å². The Bertz CT molecular complexity index is 894. The molecule has 1 aromatic heterocycles. The summed E-state index contributed by atoms with van der Waals surface area (Å²) in [5.74, 6) is -2.02. The van der Waals surface area contributed by atoms with Gasteiger partial charge in [-0.2, -0.15) is 0 Å². The molecule has 0 radical (unpaired) electrons. The molecule has 25 heavy (non-hydrogen) atoms. The number of para-hydroxylation sites is 1. The Morgan fingerprint density at radius 2 is 1.84 bits per heavy atom. The van der Waals surface area contributed by atoms with E-state index in [9.17, 15) is 13.6 Å². The maximum absolute atomic E-state index is 13.5. The quantitative estimate of drug-likeness (QED) is 0.694. The molecular weight excluding hydrogens is 348 g/mol. The SMILES string of the molecule is Cc1ccccc1-c1nnc(SCC(=O)Nc2c(F)cccc2F)o1. The highest BCUT2D eigenvalue weighted by Crippen LogP contribution is 2.26. The first-order valence-electron chi connectivity index (χ1n) is 7.31. The van der Waals surface area contributed by atoms with E-state index in [0.717, 1.165) is 35.0 Å². The maximum Gasteiger partial charge on any atom is 0.277 e. The van der Waals surface area contributed by atoms with Gasteiger partial charge in [-0.1, -0.05) is 36.0 Å². The minimum atomic E-state index is -0.835. The minimum absolute atomic E-state index is 0.122. The zero-order valence-electron chi connectivity index (χ0n) is 13.1. The second kappa shape index (κ2) is 7.43. The number of benzene rings is 2. The summed E-state index contributed by atoms with van der Waals surface area (Å²) < 4.78 is 32.5. The lowest BCUT2D eigenvalue weighted by Gasteiger charge is -2.06. The Kier molecular flexibility index (Phi) is 5.08. The van der Waals surface area contributed by atoms with Crippen molar-refractivity contribution < 1.29 is 18.0 Å². The molecule has 128 valence electrons. The van der Waals surface area contributed by atoms with Gasteiger partial charge in [0.1, 0.15) is 17.3 Å². The Labute approximate surface area is 146 Å². The Morgan fingerprint density at radius 1 is 1.12 bits per heavy atom. The molecule has 0 saturated carbocycles. The molecule has 0 aliphatic carbocycles. The molecule has 1 N–H and O–H groups in total. The van der Waals surface area contributed by atoms with Crippen molar-refractivity contribution in [3.63, 3.8) is 0 Å². The summed E-state index contributed by atoms with van der Waals surface area (Å²) in [5, 5.41) is 10.2. The van der Waals surface area contributed by atoms with Gasteiger partial charge in [0.05, 0.1) is 5.75 Å². The third kappa shape index (κ3) is 4.03. The fourth-order valence-corrected chi connectivity index (χ4v) is 2.67. The molecule has 0 bridgehead atoms. The summed E-state index contributed by atoms with van der Waals surface area (Å²) in [6.07, 6.45) is 0. The number of amides is 1. The van der Waals surface area contributed by atoms with Gasteiger partial charge >= 0.3 is 0 Å². The molecule has 3 aromatic rings. The van der Waals surface area contributed by atoms with Gasteiger partial charge in [0.15, 0.2) is 0 Å². The Hall–Kier alpha value is -2.74. The van der Waals surface area contributed by atoms with Crippen molar-refractivity contribution in [2.24, 2.45) is 0 Å². The van der Waals surface area contributed by atoms with Crippen molar-refractivity contribution >= 4 is 23.4 Å². The van der Waals surface area contributed by atoms with E-state index in [1.165, 1.54) is 6.07 Å². The van der Waals surface area contributed by atoms with E-state index < -0.39 is 23.2 Å². The van der Waals surface area contributed by atoms with E-state index in [1.807, 2.05) is 31.2 Å². The smallest absolute Gasteiger partial charge is 0.277 e. The van der Waals surface area contributed by atoms with Gasteiger partial charge in [-0.3, -0.25) is 4.79 Å². The van der Waals surface area contributed by atoms with Crippen LogP contribution in [0.5, 0.6) is 0 Å². The summed E-state index contributed by atoms with van der Waals surface area (Å²) in [6, 6.07) is 10.9. The number of nitrogens with one attached hydrogen (secondary N) is 1. The molecular formula is C17H13F2N3O2S. The summed E-state index contributed by atoms with van der Waals surface area (Å²) >= 11 is 0.984. The van der Waals surface area contributed by atoms with Crippen LogP contribution in [0.15, 0.2) is 52.1 Å². The molecule has 1 amide bonds. The van der Waals surface area contributed by atoms with Gasteiger partial charge in [0.25, 0.3) is 5.22 Å². The lowest BCUT2D eigenvalue weighted by atomic mass is 10.1. The molecule has 0 atom stereocenters. The van der Waals surface area contributed by atoms with Crippen LogP contribution in [-0.4, -0.2) is 21.9 Å². The van der Waals surface area contributed by atoms with Crippen LogP contribution >= 0.6 is 11.8 Å². The van der Waals surface area contributed by atoms with Crippen LogP contribution in [0.4, 0.5) is 14.5 Å². The van der Waals surface area contributed by atoms with Gasteiger partial charge in [0, 0.05) is 5.56 Å². The number of carbonyl (C=O) groups excluding carboxylic acids is 1. The molecule has 0 aliphatic rings. The third-order valence-electron chi connectivity index (χ3n) is 3.34. The van der Waals surface area contributed by atoms with Crippen molar-refractivity contribution in [2.45, 2.75) is 12.1 Å². The predicted molar refractivity (Wildman–Crippen MR) is 90.2 cm³/mol. The van der Waals surface area contributed by atoms with Crippen LogP contribution < -0.4 is 5.32 Å². The number of hydrogen-bond acceptors (Lipinski definition) is 5. The number of hydrogen-bond donors (Lipinski definition) is 1. The Balaban J connectivity index is 1.63. The van der Waals surface area contributed by atoms with Gasteiger partial charge in [-0.15, -0.1) is 10.2 Å². The number of thioether (sulfide) groups is 1. The third-order valence-corrected chi connectivity index (χ3v) is 4.15. The highest BCUT2D eigenvalue weighted by atomic mass is 32.2. The molecule has 0 unspecified atom stereocenters. The average Bonchev–Trinajstić information content (AvgIpc) is 3.06. The summed E-state index contributed by atoms with van der Waals surface area (Å²) in [7, 11) is 0. The van der Waals surface area contributed by atoms with Crippen LogP contribution in [0.25, 0.3) is 11.5 Å². The number of aryl methyl sites for hydroxylation is 1. The van der Waals surface area contributed by atoms with Gasteiger partial charge in [0.2, 0.25) is 11.8 Å². The van der Waals surface area contributed by atoms with Crippen molar-refractivity contribution in [1.29, 1.82) is 0 Å². The summed E-state index contributed by atoms with van der Waals surface area (Å²) in [4.78, 5) is 11.9. The van der Waals surface area contributed by atoms with Crippen molar-refractivity contribution in [3.8, 4) is 11.5 Å². The first-order chi connectivity index (χ1) is 12.0. The van der Waals surface area contributed by atoms with Gasteiger partial charge in [-0.25, -0.2) is 8.78 Å². The average molecular weight is 361 g/mol. The fourth-order valence-electron chi connectivity index (χ4n) is 2.11. The number of halogens is 2. The molecule has 5 nitrogen and oxygen atoms in total. The standard InChI is InChI=1S/C17H13F2N3O2S/c1-10-5-2-3-6-11(10)16-21-22-17(24-16)25-9-14(23)20-15-12(18)7-4-8-13(15)19/h2-8H,9H2,1H3,(H,20,23). The van der Waals surface area contributed by atoms with Crippen LogP contribution in [-0.2, 0) is 4.79 Å². The molecule has 0 fully saturated rings. The number of carbonyl (C=O) groups is 1. The van der Waals surface area contributed by atoms with Crippen LogP contribution in [0.2, 0.25) is 0 Å². The lowest BCUT2D eigenvalue weighted by molar-refractivity contribution is -0.113. The predicted octanol–water partition coefficient (Wildman–Crippen LogP) is 4.05. The monoisotopic (exact) mass is 361 g/mol. The second-order valence-electron chi connectivity index (χ2n) is 5.12. The Morgan fingerprint density at radius 3 is 2.56 bits per heavy atom. The van der Waals surface area contributed by atoms with Crippen molar-refractivity contribution in [1.82, 2.24) is 10.2 Å². The highest BCUT2D eigenvalue weighted by molar-refractivity contribution is 7.99. The number of anilines is 1. The van der Waals surface area contributed by atoms with Crippen molar-refractivity contribution in [2.75, 3.05) is 11.1 Å². The molecule has 1 heterocycles. The molecule has 0 aliphatic heterocycles. The molecule has 0 saturated heterocycles. The molecule has 0 spiro atoms. The van der Waals surface area contributed by atoms with Crippen LogP contribution in [0.3, 0.4) is 0 Å². The largest absolute Gasteiger partial charge is 0.411 e. The van der Waals surface area contributed by atoms with Gasteiger partial charge in [-0.05, 0) is 30.7 Å². The number of rotatable bonds is 5. The zero-order valence-corrected chi connectivity index (χ0v) is 13.9. The van der Waals surface area contributed by atoms with E-state index in [0.29, 0.717) is 5.89 Å². The van der Waals surface area contributed by atoms with E-state index in [4.69, 9.17) is 4.42 Å². The molecule has 3 rings (SSSR count). The number of nitrogens with zero attached hydrogens (tertiary/aromatic N) is 2. The van der Waals surface area contributed by atoms with E-state index >= 15 is 0 Å². The molecule has 8 heteroatoms. The lowest BCUT2D eigenvalue weighted by Crippen LogP contribution is -2.16. The number of aromatic nitrogens is 2. The van der Waals surface area contributed by atoms with Crippen LogP contribution in [0, 0.1) is 18.6 Å². The first kappa shape index (κ1) is 17.1. The summed E-state index contributed by atoms with van der Waals surface area (Å²) in [5.41, 5.74) is 1.31. The zero-order chi connectivity index (χ0) is 17.8.